The number of hydrogen-bond acceptors (Lipinski definition) is 5. The Kier molecular flexibility index (Phi) is 4.36. The monoisotopic (exact) mass is 249 g/mol. The zero-order valence-corrected chi connectivity index (χ0v) is 11.2. The van der Waals surface area contributed by atoms with E-state index in [0.717, 1.165) is 36.4 Å². The molecule has 0 saturated heterocycles. The van der Waals surface area contributed by atoms with Crippen molar-refractivity contribution < 1.29 is 0 Å². The van der Waals surface area contributed by atoms with E-state index >= 15 is 0 Å². The van der Waals surface area contributed by atoms with Gasteiger partial charge in [-0.1, -0.05) is 20.3 Å². The summed E-state index contributed by atoms with van der Waals surface area (Å²) in [7, 11) is 0. The third-order valence-corrected chi connectivity index (χ3v) is 3.61. The molecule has 0 aliphatic heterocycles. The summed E-state index contributed by atoms with van der Waals surface area (Å²) in [5.74, 6) is 9.41. The molecule has 1 aromatic heterocycles. The van der Waals surface area contributed by atoms with E-state index in [2.05, 4.69) is 27.6 Å². The maximum atomic E-state index is 5.41. The average Bonchev–Trinajstić information content (AvgIpc) is 2.81. The second-order valence-electron chi connectivity index (χ2n) is 5.22. The van der Waals surface area contributed by atoms with Crippen molar-refractivity contribution in [1.82, 2.24) is 9.97 Å². The molecule has 0 radical (unpaired) electrons. The van der Waals surface area contributed by atoms with E-state index < -0.39 is 0 Å². The fraction of sp³-hybridized carbons (Fsp3) is 0.692. The van der Waals surface area contributed by atoms with Crippen LogP contribution in [-0.2, 0) is 6.42 Å². The molecule has 1 fully saturated rings. The van der Waals surface area contributed by atoms with E-state index in [0.29, 0.717) is 5.82 Å². The lowest BCUT2D eigenvalue weighted by Crippen LogP contribution is -2.15. The van der Waals surface area contributed by atoms with Gasteiger partial charge in [-0.25, -0.2) is 15.8 Å². The summed E-state index contributed by atoms with van der Waals surface area (Å²) in [5.41, 5.74) is 2.59. The summed E-state index contributed by atoms with van der Waals surface area (Å²) < 4.78 is 0. The van der Waals surface area contributed by atoms with Crippen LogP contribution in [0.2, 0.25) is 0 Å². The normalized spacial score (nSPS) is 23.1. The van der Waals surface area contributed by atoms with Crippen LogP contribution in [0.1, 0.15) is 38.9 Å². The Morgan fingerprint density at radius 1 is 1.33 bits per heavy atom. The molecule has 5 heteroatoms. The van der Waals surface area contributed by atoms with E-state index in [1.807, 2.05) is 13.0 Å². The predicted molar refractivity (Wildman–Crippen MR) is 74.2 cm³/mol. The SMILES string of the molecule is CCc1nc(NN)cc(NCC2CCC(C)C2)n1. The zero-order chi connectivity index (χ0) is 13.0. The molecule has 2 rings (SSSR count). The Morgan fingerprint density at radius 3 is 2.72 bits per heavy atom. The van der Waals surface area contributed by atoms with E-state index in [9.17, 15) is 0 Å². The Morgan fingerprint density at radius 2 is 2.11 bits per heavy atom. The fourth-order valence-electron chi connectivity index (χ4n) is 2.58. The molecule has 0 amide bonds. The van der Waals surface area contributed by atoms with Gasteiger partial charge in [-0.05, 0) is 24.7 Å². The lowest BCUT2D eigenvalue weighted by molar-refractivity contribution is 0.536. The Labute approximate surface area is 109 Å². The van der Waals surface area contributed by atoms with E-state index in [4.69, 9.17) is 5.84 Å². The topological polar surface area (TPSA) is 75.9 Å². The number of nitrogens with one attached hydrogen (secondary N) is 2. The van der Waals surface area contributed by atoms with Crippen molar-refractivity contribution in [3.05, 3.63) is 11.9 Å². The van der Waals surface area contributed by atoms with Crippen LogP contribution in [-0.4, -0.2) is 16.5 Å². The van der Waals surface area contributed by atoms with Gasteiger partial charge in [0.05, 0.1) is 0 Å². The molecule has 1 aliphatic rings. The predicted octanol–water partition coefficient (Wildman–Crippen LogP) is 2.17. The molecule has 2 unspecified atom stereocenters. The molecule has 18 heavy (non-hydrogen) atoms. The van der Waals surface area contributed by atoms with Gasteiger partial charge in [0.1, 0.15) is 17.5 Å². The minimum Gasteiger partial charge on any atom is -0.370 e. The highest BCUT2D eigenvalue weighted by molar-refractivity contribution is 5.46. The molecular weight excluding hydrogens is 226 g/mol. The van der Waals surface area contributed by atoms with Crippen molar-refractivity contribution in [2.75, 3.05) is 17.3 Å². The summed E-state index contributed by atoms with van der Waals surface area (Å²) >= 11 is 0. The molecule has 1 heterocycles. The first-order valence-corrected chi connectivity index (χ1v) is 6.79. The minimum atomic E-state index is 0.670. The summed E-state index contributed by atoms with van der Waals surface area (Å²) in [6.07, 6.45) is 4.80. The number of aromatic nitrogens is 2. The summed E-state index contributed by atoms with van der Waals surface area (Å²) in [6, 6.07) is 1.86. The van der Waals surface area contributed by atoms with Gasteiger partial charge in [-0.2, -0.15) is 0 Å². The zero-order valence-electron chi connectivity index (χ0n) is 11.2. The minimum absolute atomic E-state index is 0.670. The van der Waals surface area contributed by atoms with Gasteiger partial charge >= 0.3 is 0 Å². The Hall–Kier alpha value is -1.36. The van der Waals surface area contributed by atoms with Gasteiger partial charge in [0.25, 0.3) is 0 Å². The number of nitrogen functional groups attached to an aromatic ring is 1. The first-order chi connectivity index (χ1) is 8.71. The van der Waals surface area contributed by atoms with Crippen LogP contribution in [0.4, 0.5) is 11.6 Å². The molecular formula is C13H23N5. The molecule has 0 bridgehead atoms. The van der Waals surface area contributed by atoms with Crippen molar-refractivity contribution in [2.24, 2.45) is 17.7 Å². The maximum absolute atomic E-state index is 5.41. The molecule has 4 N–H and O–H groups in total. The standard InChI is InChI=1S/C13H23N5/c1-3-11-16-12(7-13(17-11)18-14)15-8-10-5-4-9(2)6-10/h7,9-10H,3-6,8,14H2,1-2H3,(H2,15,16,17,18). The molecule has 1 aromatic rings. The summed E-state index contributed by atoms with van der Waals surface area (Å²) in [6.45, 7) is 5.36. The number of nitrogens with zero attached hydrogens (tertiary/aromatic N) is 2. The number of hydrazine groups is 1. The van der Waals surface area contributed by atoms with Gasteiger partial charge in [0, 0.05) is 19.0 Å². The molecule has 0 spiro atoms. The van der Waals surface area contributed by atoms with Crippen LogP contribution >= 0.6 is 0 Å². The molecule has 100 valence electrons. The fourth-order valence-corrected chi connectivity index (χ4v) is 2.58. The van der Waals surface area contributed by atoms with Gasteiger partial charge < -0.3 is 10.7 Å². The first-order valence-electron chi connectivity index (χ1n) is 6.79. The number of rotatable bonds is 5. The molecule has 2 atom stereocenters. The van der Waals surface area contributed by atoms with Gasteiger partial charge in [-0.3, -0.25) is 0 Å². The van der Waals surface area contributed by atoms with Gasteiger partial charge in [-0.15, -0.1) is 0 Å². The number of nitrogens with two attached hydrogens (primary N) is 1. The molecule has 5 nitrogen and oxygen atoms in total. The largest absolute Gasteiger partial charge is 0.370 e. The van der Waals surface area contributed by atoms with Crippen LogP contribution in [0.15, 0.2) is 6.07 Å². The van der Waals surface area contributed by atoms with Crippen LogP contribution in [0.5, 0.6) is 0 Å². The van der Waals surface area contributed by atoms with Crippen molar-refractivity contribution in [1.29, 1.82) is 0 Å². The Bertz CT molecular complexity index is 371. The lowest BCUT2D eigenvalue weighted by Gasteiger charge is -2.13. The highest BCUT2D eigenvalue weighted by atomic mass is 15.3. The molecule has 1 aliphatic carbocycles. The van der Waals surface area contributed by atoms with E-state index in [-0.39, 0.29) is 0 Å². The quantitative estimate of drug-likeness (QED) is 0.551. The van der Waals surface area contributed by atoms with Crippen LogP contribution < -0.4 is 16.6 Å². The average molecular weight is 249 g/mol. The third-order valence-electron chi connectivity index (χ3n) is 3.61. The Balaban J connectivity index is 1.95. The smallest absolute Gasteiger partial charge is 0.145 e. The van der Waals surface area contributed by atoms with Crippen LogP contribution in [0, 0.1) is 11.8 Å². The summed E-state index contributed by atoms with van der Waals surface area (Å²) in [5, 5.41) is 3.41. The number of hydrogen-bond donors (Lipinski definition) is 3. The molecule has 1 saturated carbocycles. The van der Waals surface area contributed by atoms with Crippen molar-refractivity contribution in [3.8, 4) is 0 Å². The highest BCUT2D eigenvalue weighted by Gasteiger charge is 2.20. The van der Waals surface area contributed by atoms with E-state index in [1.165, 1.54) is 19.3 Å². The van der Waals surface area contributed by atoms with Crippen molar-refractivity contribution in [2.45, 2.75) is 39.5 Å². The van der Waals surface area contributed by atoms with Crippen molar-refractivity contribution >= 4 is 11.6 Å². The van der Waals surface area contributed by atoms with Crippen molar-refractivity contribution in [3.63, 3.8) is 0 Å². The third kappa shape index (κ3) is 3.32. The van der Waals surface area contributed by atoms with Gasteiger partial charge in [0.2, 0.25) is 0 Å². The number of anilines is 2. The highest BCUT2D eigenvalue weighted by Crippen LogP contribution is 2.30. The second-order valence-corrected chi connectivity index (χ2v) is 5.22. The number of aryl methyl sites for hydroxylation is 1. The second kappa shape index (κ2) is 6.00. The maximum Gasteiger partial charge on any atom is 0.145 e. The van der Waals surface area contributed by atoms with Crippen LogP contribution in [0.3, 0.4) is 0 Å². The van der Waals surface area contributed by atoms with E-state index in [1.54, 1.807) is 0 Å². The first kappa shape index (κ1) is 13.1. The van der Waals surface area contributed by atoms with Crippen LogP contribution in [0.25, 0.3) is 0 Å². The molecule has 0 aromatic carbocycles. The summed E-state index contributed by atoms with van der Waals surface area (Å²) in [4.78, 5) is 8.74. The van der Waals surface area contributed by atoms with Gasteiger partial charge in [0.15, 0.2) is 0 Å². The lowest BCUT2D eigenvalue weighted by atomic mass is 10.1.